The Balaban J connectivity index is 2.35. The molecule has 2 rings (SSSR count). The monoisotopic (exact) mass is 298 g/mol. The molecule has 112 valence electrons. The van der Waals surface area contributed by atoms with E-state index >= 15 is 0 Å². The molecule has 1 heterocycles. The quantitative estimate of drug-likeness (QED) is 0.911. The Bertz CT molecular complexity index is 576. The van der Waals surface area contributed by atoms with Crippen molar-refractivity contribution in [3.8, 4) is 0 Å². The molecule has 1 aliphatic heterocycles. The summed E-state index contributed by atoms with van der Waals surface area (Å²) in [4.78, 5) is 0.357. The summed E-state index contributed by atoms with van der Waals surface area (Å²) in [5.41, 5.74) is 7.25. The summed E-state index contributed by atoms with van der Waals surface area (Å²) < 4.78 is 32.6. The molecule has 20 heavy (non-hydrogen) atoms. The summed E-state index contributed by atoms with van der Waals surface area (Å²) in [6.07, 6.45) is -0.172. The van der Waals surface area contributed by atoms with Gasteiger partial charge in [0.15, 0.2) is 0 Å². The molecule has 0 bridgehead atoms. The topological polar surface area (TPSA) is 72.6 Å². The second kappa shape index (κ2) is 5.81. The maximum atomic E-state index is 12.7. The normalized spacial score (nSPS) is 24.8. The first-order valence-electron chi connectivity index (χ1n) is 6.79. The average Bonchev–Trinajstić information content (AvgIpc) is 2.37. The van der Waals surface area contributed by atoms with Crippen LogP contribution in [-0.4, -0.2) is 38.0 Å². The van der Waals surface area contributed by atoms with Gasteiger partial charge in [0.05, 0.1) is 17.1 Å². The second-order valence-electron chi connectivity index (χ2n) is 5.38. The Kier molecular flexibility index (Phi) is 4.49. The number of benzene rings is 1. The van der Waals surface area contributed by atoms with E-state index in [0.717, 1.165) is 11.1 Å². The number of rotatable bonds is 3. The Hall–Kier alpha value is -0.950. The third kappa shape index (κ3) is 3.03. The molecule has 0 aliphatic carbocycles. The molecule has 0 radical (unpaired) electrons. The van der Waals surface area contributed by atoms with Crippen LogP contribution in [0.2, 0.25) is 0 Å². The molecule has 2 unspecified atom stereocenters. The van der Waals surface area contributed by atoms with Crippen molar-refractivity contribution in [2.75, 3.05) is 13.1 Å². The predicted molar refractivity (Wildman–Crippen MR) is 77.8 cm³/mol. The van der Waals surface area contributed by atoms with Crippen LogP contribution in [0.5, 0.6) is 0 Å². The van der Waals surface area contributed by atoms with Gasteiger partial charge in [0, 0.05) is 19.6 Å². The molecular formula is C14H22N2O3S. The second-order valence-corrected chi connectivity index (χ2v) is 7.29. The van der Waals surface area contributed by atoms with Gasteiger partial charge in [-0.3, -0.25) is 0 Å². The highest BCUT2D eigenvalue weighted by Gasteiger charge is 2.32. The molecule has 6 heteroatoms. The molecule has 1 aromatic rings. The number of morpholine rings is 1. The Morgan fingerprint density at radius 1 is 1.30 bits per heavy atom. The third-order valence-electron chi connectivity index (χ3n) is 3.48. The van der Waals surface area contributed by atoms with Crippen molar-refractivity contribution in [1.82, 2.24) is 4.31 Å². The molecule has 2 N–H and O–H groups in total. The van der Waals surface area contributed by atoms with Gasteiger partial charge in [-0.15, -0.1) is 0 Å². The largest absolute Gasteiger partial charge is 0.373 e. The number of hydrogen-bond donors (Lipinski definition) is 1. The van der Waals surface area contributed by atoms with E-state index in [0.29, 0.717) is 24.5 Å². The summed E-state index contributed by atoms with van der Waals surface area (Å²) in [5.74, 6) is 0. The van der Waals surface area contributed by atoms with Crippen LogP contribution in [0.4, 0.5) is 0 Å². The SMILES string of the molecule is Cc1cc(CN)ccc1S(=O)(=O)N1CC(C)OC(C)C1. The molecule has 0 aromatic heterocycles. The van der Waals surface area contributed by atoms with Gasteiger partial charge in [0.2, 0.25) is 10.0 Å². The Morgan fingerprint density at radius 3 is 2.40 bits per heavy atom. The fourth-order valence-corrected chi connectivity index (χ4v) is 4.39. The lowest BCUT2D eigenvalue weighted by Gasteiger charge is -2.34. The molecule has 2 atom stereocenters. The van der Waals surface area contributed by atoms with Gasteiger partial charge in [0.25, 0.3) is 0 Å². The highest BCUT2D eigenvalue weighted by Crippen LogP contribution is 2.24. The van der Waals surface area contributed by atoms with Crippen molar-refractivity contribution in [2.24, 2.45) is 5.73 Å². The molecule has 0 saturated carbocycles. The lowest BCUT2D eigenvalue weighted by atomic mass is 10.1. The van der Waals surface area contributed by atoms with E-state index < -0.39 is 10.0 Å². The molecule has 1 saturated heterocycles. The molecule has 0 spiro atoms. The van der Waals surface area contributed by atoms with Gasteiger partial charge in [0.1, 0.15) is 0 Å². The zero-order valence-electron chi connectivity index (χ0n) is 12.2. The Labute approximate surface area is 120 Å². The van der Waals surface area contributed by atoms with E-state index in [1.807, 2.05) is 19.9 Å². The zero-order valence-corrected chi connectivity index (χ0v) is 13.0. The van der Waals surface area contributed by atoms with Crippen molar-refractivity contribution in [2.45, 2.75) is 44.4 Å². The van der Waals surface area contributed by atoms with Crippen LogP contribution < -0.4 is 5.73 Å². The van der Waals surface area contributed by atoms with Crippen LogP contribution in [0.1, 0.15) is 25.0 Å². The maximum Gasteiger partial charge on any atom is 0.243 e. The van der Waals surface area contributed by atoms with Crippen molar-refractivity contribution in [3.63, 3.8) is 0 Å². The maximum absolute atomic E-state index is 12.7. The number of ether oxygens (including phenoxy) is 1. The summed E-state index contributed by atoms with van der Waals surface area (Å²) in [6, 6.07) is 5.25. The Morgan fingerprint density at radius 2 is 1.90 bits per heavy atom. The van der Waals surface area contributed by atoms with Crippen LogP contribution in [0, 0.1) is 6.92 Å². The number of hydrogen-bond acceptors (Lipinski definition) is 4. The van der Waals surface area contributed by atoms with E-state index in [9.17, 15) is 8.42 Å². The lowest BCUT2D eigenvalue weighted by molar-refractivity contribution is -0.0440. The van der Waals surface area contributed by atoms with Gasteiger partial charge >= 0.3 is 0 Å². The first kappa shape index (κ1) is 15.4. The summed E-state index contributed by atoms with van der Waals surface area (Å²) >= 11 is 0. The van der Waals surface area contributed by atoms with Crippen molar-refractivity contribution in [1.29, 1.82) is 0 Å². The molecule has 1 aliphatic rings. The van der Waals surface area contributed by atoms with Gasteiger partial charge in [-0.1, -0.05) is 12.1 Å². The molecule has 0 amide bonds. The first-order valence-corrected chi connectivity index (χ1v) is 8.23. The number of nitrogens with two attached hydrogens (primary N) is 1. The van der Waals surface area contributed by atoms with E-state index in [1.165, 1.54) is 4.31 Å². The minimum atomic E-state index is -3.47. The van der Waals surface area contributed by atoms with E-state index in [4.69, 9.17) is 10.5 Å². The van der Waals surface area contributed by atoms with Crippen molar-refractivity contribution < 1.29 is 13.2 Å². The highest BCUT2D eigenvalue weighted by molar-refractivity contribution is 7.89. The zero-order chi connectivity index (χ0) is 14.9. The van der Waals surface area contributed by atoms with E-state index in [-0.39, 0.29) is 12.2 Å². The fourth-order valence-electron chi connectivity index (χ4n) is 2.59. The third-order valence-corrected chi connectivity index (χ3v) is 5.47. The number of sulfonamides is 1. The van der Waals surface area contributed by atoms with Crippen LogP contribution in [0.25, 0.3) is 0 Å². The molecular weight excluding hydrogens is 276 g/mol. The van der Waals surface area contributed by atoms with Gasteiger partial charge < -0.3 is 10.5 Å². The minimum Gasteiger partial charge on any atom is -0.373 e. The molecule has 5 nitrogen and oxygen atoms in total. The highest BCUT2D eigenvalue weighted by atomic mass is 32.2. The first-order chi connectivity index (χ1) is 9.34. The number of aryl methyl sites for hydroxylation is 1. The molecule has 1 aromatic carbocycles. The van der Waals surface area contributed by atoms with Crippen LogP contribution in [0.15, 0.2) is 23.1 Å². The lowest BCUT2D eigenvalue weighted by Crippen LogP contribution is -2.48. The van der Waals surface area contributed by atoms with Gasteiger partial charge in [-0.05, 0) is 38.0 Å². The predicted octanol–water partition coefficient (Wildman–Crippen LogP) is 1.25. The van der Waals surface area contributed by atoms with Crippen LogP contribution in [0.3, 0.4) is 0 Å². The standard InChI is InChI=1S/C14H22N2O3S/c1-10-6-13(7-15)4-5-14(10)20(17,18)16-8-11(2)19-12(3)9-16/h4-6,11-12H,7-9,15H2,1-3H3. The smallest absolute Gasteiger partial charge is 0.243 e. The van der Waals surface area contributed by atoms with E-state index in [1.54, 1.807) is 19.1 Å². The van der Waals surface area contributed by atoms with E-state index in [2.05, 4.69) is 0 Å². The van der Waals surface area contributed by atoms with Crippen molar-refractivity contribution >= 4 is 10.0 Å². The van der Waals surface area contributed by atoms with Crippen molar-refractivity contribution in [3.05, 3.63) is 29.3 Å². The summed E-state index contributed by atoms with van der Waals surface area (Å²) in [5, 5.41) is 0. The minimum absolute atomic E-state index is 0.0860. The van der Waals surface area contributed by atoms with Crippen LogP contribution >= 0.6 is 0 Å². The average molecular weight is 298 g/mol. The summed E-state index contributed by atoms with van der Waals surface area (Å²) in [6.45, 7) is 6.78. The van der Waals surface area contributed by atoms with Gasteiger partial charge in [-0.2, -0.15) is 4.31 Å². The molecule has 1 fully saturated rings. The van der Waals surface area contributed by atoms with Crippen LogP contribution in [-0.2, 0) is 21.3 Å². The number of nitrogens with zero attached hydrogens (tertiary/aromatic N) is 1. The fraction of sp³-hybridized carbons (Fsp3) is 0.571. The van der Waals surface area contributed by atoms with Gasteiger partial charge in [-0.25, -0.2) is 8.42 Å². The summed E-state index contributed by atoms with van der Waals surface area (Å²) in [7, 11) is -3.47.